The fourth-order valence-corrected chi connectivity index (χ4v) is 3.04. The van der Waals surface area contributed by atoms with Gasteiger partial charge in [0.15, 0.2) is 5.03 Å². The molecule has 0 aliphatic heterocycles. The zero-order chi connectivity index (χ0) is 13.8. The summed E-state index contributed by atoms with van der Waals surface area (Å²) in [6, 6.07) is 0. The van der Waals surface area contributed by atoms with Crippen molar-refractivity contribution in [1.82, 2.24) is 19.8 Å². The van der Waals surface area contributed by atoms with Crippen LogP contribution >= 0.6 is 0 Å². The van der Waals surface area contributed by atoms with Gasteiger partial charge in [-0.25, -0.2) is 8.42 Å². The second kappa shape index (κ2) is 6.31. The molecule has 0 spiro atoms. The Morgan fingerprint density at radius 2 is 2.11 bits per heavy atom. The van der Waals surface area contributed by atoms with E-state index in [4.69, 9.17) is 0 Å². The molecule has 104 valence electrons. The van der Waals surface area contributed by atoms with Crippen LogP contribution in [0.1, 0.15) is 31.0 Å². The number of hydrogen-bond acceptors (Lipinski definition) is 4. The topological polar surface area (TPSA) is 78.1 Å². The smallest absolute Gasteiger partial charge is 0.262 e. The average molecular weight is 274 g/mol. The molecule has 0 amide bonds. The molecule has 1 aromatic rings. The van der Waals surface area contributed by atoms with Gasteiger partial charge in [0.2, 0.25) is 0 Å². The maximum absolute atomic E-state index is 12.4. The number of H-pyrrole nitrogens is 1. The highest BCUT2D eigenvalue weighted by Gasteiger charge is 2.27. The number of nitrogens with one attached hydrogen (secondary N) is 2. The quantitative estimate of drug-likeness (QED) is 0.773. The Labute approximate surface area is 109 Å². The molecule has 0 unspecified atom stereocenters. The molecular weight excluding hydrogens is 252 g/mol. The van der Waals surface area contributed by atoms with Crippen molar-refractivity contribution in [2.24, 2.45) is 0 Å². The summed E-state index contributed by atoms with van der Waals surface area (Å²) in [7, 11) is -0.115. The van der Waals surface area contributed by atoms with Gasteiger partial charge in [-0.3, -0.25) is 5.10 Å². The summed E-state index contributed by atoms with van der Waals surface area (Å²) in [5.41, 5.74) is 1.49. The predicted molar refractivity (Wildman–Crippen MR) is 70.8 cm³/mol. The van der Waals surface area contributed by atoms with Crippen LogP contribution in [0.3, 0.4) is 0 Å². The summed E-state index contributed by atoms with van der Waals surface area (Å²) < 4.78 is 26.1. The number of hydrogen-bond donors (Lipinski definition) is 2. The molecule has 0 radical (unpaired) electrons. The van der Waals surface area contributed by atoms with Crippen LogP contribution in [-0.2, 0) is 16.6 Å². The maximum Gasteiger partial charge on any atom is 0.262 e. The van der Waals surface area contributed by atoms with Crippen molar-refractivity contribution >= 4 is 10.0 Å². The van der Waals surface area contributed by atoms with Gasteiger partial charge in [0.1, 0.15) is 0 Å². The lowest BCUT2D eigenvalue weighted by Crippen LogP contribution is -2.29. The third kappa shape index (κ3) is 3.09. The van der Waals surface area contributed by atoms with E-state index in [2.05, 4.69) is 15.5 Å². The molecule has 0 aliphatic rings. The lowest BCUT2D eigenvalue weighted by atomic mass is 10.3. The number of aromatic amines is 1. The monoisotopic (exact) mass is 274 g/mol. The van der Waals surface area contributed by atoms with Gasteiger partial charge in [0.25, 0.3) is 10.0 Å². The summed E-state index contributed by atoms with van der Waals surface area (Å²) in [6.45, 7) is 4.86. The Bertz CT molecular complexity index is 481. The molecule has 2 N–H and O–H groups in total. The van der Waals surface area contributed by atoms with E-state index in [-0.39, 0.29) is 5.03 Å². The van der Waals surface area contributed by atoms with Gasteiger partial charge < -0.3 is 5.32 Å². The summed E-state index contributed by atoms with van der Waals surface area (Å²) in [6.07, 6.45) is 1.81. The Morgan fingerprint density at radius 3 is 2.67 bits per heavy atom. The summed E-state index contributed by atoms with van der Waals surface area (Å²) in [5.74, 6) is 0. The highest BCUT2D eigenvalue weighted by molar-refractivity contribution is 7.89. The highest BCUT2D eigenvalue weighted by Crippen LogP contribution is 2.19. The summed E-state index contributed by atoms with van der Waals surface area (Å²) in [4.78, 5) is 0. The Kier molecular flexibility index (Phi) is 5.30. The third-order valence-corrected chi connectivity index (χ3v) is 4.70. The van der Waals surface area contributed by atoms with Crippen molar-refractivity contribution in [2.75, 3.05) is 20.6 Å². The molecular formula is C11H22N4O2S. The van der Waals surface area contributed by atoms with Gasteiger partial charge in [-0.05, 0) is 20.4 Å². The molecule has 0 saturated carbocycles. The molecule has 0 aromatic carbocycles. The maximum atomic E-state index is 12.4. The van der Waals surface area contributed by atoms with E-state index in [0.717, 1.165) is 18.5 Å². The zero-order valence-electron chi connectivity index (χ0n) is 11.4. The number of rotatable bonds is 7. The van der Waals surface area contributed by atoms with Crippen molar-refractivity contribution < 1.29 is 8.42 Å². The van der Waals surface area contributed by atoms with Gasteiger partial charge in [-0.1, -0.05) is 13.3 Å². The fraction of sp³-hybridized carbons (Fsp3) is 0.727. The Balaban J connectivity index is 3.04. The molecule has 18 heavy (non-hydrogen) atoms. The van der Waals surface area contributed by atoms with E-state index < -0.39 is 10.0 Å². The minimum atomic E-state index is -3.49. The SMILES string of the molecule is CCCCN(C)S(=O)(=O)c1n[nH]c(C)c1CNC. The second-order valence-corrected chi connectivity index (χ2v) is 6.30. The zero-order valence-corrected chi connectivity index (χ0v) is 12.3. The number of aromatic nitrogens is 2. The minimum absolute atomic E-state index is 0.132. The van der Waals surface area contributed by atoms with E-state index in [9.17, 15) is 8.42 Å². The molecule has 1 heterocycles. The first-order valence-electron chi connectivity index (χ1n) is 6.09. The van der Waals surface area contributed by atoms with Crippen LogP contribution in [0.4, 0.5) is 0 Å². The van der Waals surface area contributed by atoms with Crippen molar-refractivity contribution in [3.63, 3.8) is 0 Å². The minimum Gasteiger partial charge on any atom is -0.316 e. The number of unbranched alkanes of at least 4 members (excludes halogenated alkanes) is 1. The van der Waals surface area contributed by atoms with Crippen molar-refractivity contribution in [3.05, 3.63) is 11.3 Å². The van der Waals surface area contributed by atoms with Crippen molar-refractivity contribution in [2.45, 2.75) is 38.3 Å². The van der Waals surface area contributed by atoms with Gasteiger partial charge in [0, 0.05) is 31.4 Å². The van der Waals surface area contributed by atoms with Crippen LogP contribution in [0, 0.1) is 6.92 Å². The summed E-state index contributed by atoms with van der Waals surface area (Å²) in [5, 5.41) is 9.78. The first-order chi connectivity index (χ1) is 8.45. The first kappa shape index (κ1) is 15.1. The van der Waals surface area contributed by atoms with Gasteiger partial charge in [-0.2, -0.15) is 9.40 Å². The fourth-order valence-electron chi connectivity index (χ4n) is 1.68. The molecule has 1 rings (SSSR count). The van der Waals surface area contributed by atoms with E-state index in [1.807, 2.05) is 13.8 Å². The molecule has 7 heteroatoms. The number of aryl methyl sites for hydroxylation is 1. The third-order valence-electron chi connectivity index (χ3n) is 2.87. The summed E-state index contributed by atoms with van der Waals surface area (Å²) >= 11 is 0. The predicted octanol–water partition coefficient (Wildman–Crippen LogP) is 0.858. The molecule has 0 aliphatic carbocycles. The number of nitrogens with zero attached hydrogens (tertiary/aromatic N) is 2. The van der Waals surface area contributed by atoms with Crippen LogP contribution in [0.15, 0.2) is 5.03 Å². The van der Waals surface area contributed by atoms with E-state index >= 15 is 0 Å². The molecule has 1 aromatic heterocycles. The Hall–Kier alpha value is -0.920. The largest absolute Gasteiger partial charge is 0.316 e. The van der Waals surface area contributed by atoms with Gasteiger partial charge >= 0.3 is 0 Å². The number of sulfonamides is 1. The van der Waals surface area contributed by atoms with Crippen LogP contribution < -0.4 is 5.32 Å². The van der Waals surface area contributed by atoms with Crippen molar-refractivity contribution in [3.8, 4) is 0 Å². The highest BCUT2D eigenvalue weighted by atomic mass is 32.2. The lowest BCUT2D eigenvalue weighted by Gasteiger charge is -2.16. The Morgan fingerprint density at radius 1 is 1.44 bits per heavy atom. The van der Waals surface area contributed by atoms with Crippen LogP contribution in [0.2, 0.25) is 0 Å². The van der Waals surface area contributed by atoms with Crippen LogP contribution in [-0.4, -0.2) is 43.6 Å². The van der Waals surface area contributed by atoms with E-state index in [1.54, 1.807) is 14.1 Å². The van der Waals surface area contributed by atoms with Crippen LogP contribution in [0.5, 0.6) is 0 Å². The molecule has 0 saturated heterocycles. The standard InChI is InChI=1S/C11H22N4O2S/c1-5-6-7-15(4)18(16,17)11-10(8-12-3)9(2)13-14-11/h12H,5-8H2,1-4H3,(H,13,14). The van der Waals surface area contributed by atoms with E-state index in [0.29, 0.717) is 18.7 Å². The van der Waals surface area contributed by atoms with Gasteiger partial charge in [-0.15, -0.1) is 0 Å². The molecule has 0 atom stereocenters. The molecule has 6 nitrogen and oxygen atoms in total. The van der Waals surface area contributed by atoms with E-state index in [1.165, 1.54) is 4.31 Å². The van der Waals surface area contributed by atoms with Crippen LogP contribution in [0.25, 0.3) is 0 Å². The second-order valence-electron chi connectivity index (χ2n) is 4.34. The lowest BCUT2D eigenvalue weighted by molar-refractivity contribution is 0.455. The normalized spacial score (nSPS) is 12.3. The van der Waals surface area contributed by atoms with Crippen molar-refractivity contribution in [1.29, 1.82) is 0 Å². The first-order valence-corrected chi connectivity index (χ1v) is 7.53. The molecule has 0 fully saturated rings. The molecule has 0 bridgehead atoms. The average Bonchev–Trinajstić information content (AvgIpc) is 2.69. The van der Waals surface area contributed by atoms with Gasteiger partial charge in [0.05, 0.1) is 0 Å².